The summed E-state index contributed by atoms with van der Waals surface area (Å²) >= 11 is 0. The van der Waals surface area contributed by atoms with Gasteiger partial charge in [0, 0.05) is 7.11 Å². The molecule has 1 rings (SSSR count). The Bertz CT molecular complexity index is 282. The minimum Gasteiger partial charge on any atom is -0.522 e. The summed E-state index contributed by atoms with van der Waals surface area (Å²) < 4.78 is 16.8. The van der Waals surface area contributed by atoms with Gasteiger partial charge in [-0.3, -0.25) is 0 Å². The molecule has 4 heteroatoms. The van der Waals surface area contributed by atoms with Gasteiger partial charge >= 0.3 is 9.28 Å². The number of rotatable bonds is 10. The van der Waals surface area contributed by atoms with Gasteiger partial charge in [0.2, 0.25) is 0 Å². The van der Waals surface area contributed by atoms with Crippen LogP contribution in [0.5, 0.6) is 5.75 Å². The highest BCUT2D eigenvalue weighted by atomic mass is 28.3. The predicted octanol–water partition coefficient (Wildman–Crippen LogP) is 3.14. The fourth-order valence-electron chi connectivity index (χ4n) is 1.65. The Hall–Kier alpha value is -0.843. The van der Waals surface area contributed by atoms with Crippen LogP contribution in [0.25, 0.3) is 0 Å². The second kappa shape index (κ2) is 10.1. The van der Waals surface area contributed by atoms with Gasteiger partial charge in [-0.25, -0.2) is 0 Å². The topological polar surface area (TPSA) is 27.7 Å². The van der Waals surface area contributed by atoms with Crippen molar-refractivity contribution in [2.24, 2.45) is 0 Å². The Morgan fingerprint density at radius 2 is 1.83 bits per heavy atom. The van der Waals surface area contributed by atoms with E-state index in [-0.39, 0.29) is 0 Å². The first kappa shape index (κ1) is 15.2. The molecule has 0 radical (unpaired) electrons. The summed E-state index contributed by atoms with van der Waals surface area (Å²) in [7, 11) is 0.0859. The molecule has 0 aromatic heterocycles. The second-order valence-corrected chi connectivity index (χ2v) is 6.23. The summed E-state index contributed by atoms with van der Waals surface area (Å²) in [5.41, 5.74) is 0. The normalized spacial score (nSPS) is 12.3. The van der Waals surface area contributed by atoms with Crippen LogP contribution >= 0.6 is 0 Å². The lowest BCUT2D eigenvalue weighted by molar-refractivity contribution is 0.135. The van der Waals surface area contributed by atoms with E-state index in [4.69, 9.17) is 13.6 Å². The molecule has 3 nitrogen and oxygen atoms in total. The second-order valence-electron chi connectivity index (χ2n) is 4.22. The maximum Gasteiger partial charge on any atom is 0.382 e. The number of ether oxygens (including phenoxy) is 1. The average molecular weight is 268 g/mol. The molecule has 1 atom stereocenters. The molecule has 1 aromatic rings. The standard InChI is InChI=1S/C14H24O3Si/c1-3-4-8-13-18(16-12-11-15-2)17-14-9-6-5-7-10-14/h5-7,9-10,18H,3-4,8,11-13H2,1-2H3. The third-order valence-corrected chi connectivity index (χ3v) is 4.67. The van der Waals surface area contributed by atoms with Gasteiger partial charge in [0.1, 0.15) is 5.75 Å². The first-order valence-corrected chi connectivity index (χ1v) is 8.45. The van der Waals surface area contributed by atoms with Crippen LogP contribution in [-0.2, 0) is 9.16 Å². The average Bonchev–Trinajstić information content (AvgIpc) is 2.40. The van der Waals surface area contributed by atoms with Gasteiger partial charge in [0.15, 0.2) is 0 Å². The van der Waals surface area contributed by atoms with Crippen LogP contribution in [0.15, 0.2) is 30.3 Å². The third kappa shape index (κ3) is 6.79. The Labute approximate surface area is 112 Å². The van der Waals surface area contributed by atoms with Gasteiger partial charge in [-0.1, -0.05) is 44.4 Å². The van der Waals surface area contributed by atoms with E-state index < -0.39 is 9.28 Å². The first-order valence-electron chi connectivity index (χ1n) is 6.69. The van der Waals surface area contributed by atoms with Crippen molar-refractivity contribution >= 4 is 9.28 Å². The lowest BCUT2D eigenvalue weighted by Gasteiger charge is -2.17. The summed E-state index contributed by atoms with van der Waals surface area (Å²) in [6.07, 6.45) is 3.66. The highest BCUT2D eigenvalue weighted by molar-refractivity contribution is 6.45. The van der Waals surface area contributed by atoms with Crippen molar-refractivity contribution < 1.29 is 13.6 Å². The first-order chi connectivity index (χ1) is 8.86. The minimum atomic E-state index is -1.60. The molecule has 0 fully saturated rings. The fourth-order valence-corrected chi connectivity index (χ4v) is 3.45. The van der Waals surface area contributed by atoms with E-state index in [1.807, 2.05) is 30.3 Å². The van der Waals surface area contributed by atoms with E-state index in [0.29, 0.717) is 13.2 Å². The Morgan fingerprint density at radius 3 is 2.50 bits per heavy atom. The summed E-state index contributed by atoms with van der Waals surface area (Å²) in [5, 5.41) is 0. The monoisotopic (exact) mass is 268 g/mol. The summed E-state index contributed by atoms with van der Waals surface area (Å²) in [4.78, 5) is 0. The van der Waals surface area contributed by atoms with Crippen molar-refractivity contribution in [3.63, 3.8) is 0 Å². The van der Waals surface area contributed by atoms with Crippen LogP contribution in [0.3, 0.4) is 0 Å². The van der Waals surface area contributed by atoms with Gasteiger partial charge in [-0.05, 0) is 18.2 Å². The van der Waals surface area contributed by atoms with Crippen LogP contribution in [0, 0.1) is 0 Å². The molecule has 1 unspecified atom stereocenters. The number of unbranched alkanes of at least 4 members (excludes halogenated alkanes) is 2. The van der Waals surface area contributed by atoms with Crippen LogP contribution in [0.4, 0.5) is 0 Å². The van der Waals surface area contributed by atoms with E-state index in [0.717, 1.165) is 11.8 Å². The zero-order valence-corrected chi connectivity index (χ0v) is 12.6. The summed E-state index contributed by atoms with van der Waals surface area (Å²) in [6.45, 7) is 3.47. The molecule has 0 saturated heterocycles. The van der Waals surface area contributed by atoms with Crippen molar-refractivity contribution in [1.82, 2.24) is 0 Å². The Kier molecular flexibility index (Phi) is 8.55. The SMILES string of the molecule is CCCCC[SiH](OCCOC)Oc1ccccc1. The fraction of sp³-hybridized carbons (Fsp3) is 0.571. The molecule has 0 N–H and O–H groups in total. The Morgan fingerprint density at radius 1 is 1.06 bits per heavy atom. The van der Waals surface area contributed by atoms with Crippen molar-refractivity contribution in [1.29, 1.82) is 0 Å². The minimum absolute atomic E-state index is 0.631. The molecule has 0 aliphatic carbocycles. The molecule has 18 heavy (non-hydrogen) atoms. The predicted molar refractivity (Wildman–Crippen MR) is 76.4 cm³/mol. The highest BCUT2D eigenvalue weighted by Crippen LogP contribution is 2.13. The van der Waals surface area contributed by atoms with Crippen LogP contribution in [0.1, 0.15) is 26.2 Å². The molecule has 0 heterocycles. The largest absolute Gasteiger partial charge is 0.522 e. The summed E-state index contributed by atoms with van der Waals surface area (Å²) in [5.74, 6) is 0.920. The van der Waals surface area contributed by atoms with Crippen LogP contribution in [0.2, 0.25) is 6.04 Å². The molecule has 0 aliphatic rings. The zero-order chi connectivity index (χ0) is 13.1. The number of para-hydroxylation sites is 1. The highest BCUT2D eigenvalue weighted by Gasteiger charge is 2.14. The van der Waals surface area contributed by atoms with E-state index in [1.165, 1.54) is 19.3 Å². The van der Waals surface area contributed by atoms with E-state index >= 15 is 0 Å². The molecular weight excluding hydrogens is 244 g/mol. The maximum atomic E-state index is 5.97. The number of methoxy groups -OCH3 is 1. The van der Waals surface area contributed by atoms with Crippen molar-refractivity contribution in [3.8, 4) is 5.75 Å². The van der Waals surface area contributed by atoms with Gasteiger partial charge in [0.05, 0.1) is 13.2 Å². The lowest BCUT2D eigenvalue weighted by atomic mass is 10.3. The number of hydrogen-bond acceptors (Lipinski definition) is 3. The summed E-state index contributed by atoms with van der Waals surface area (Å²) in [6, 6.07) is 11.0. The molecule has 102 valence electrons. The lowest BCUT2D eigenvalue weighted by Crippen LogP contribution is -2.27. The van der Waals surface area contributed by atoms with E-state index in [2.05, 4.69) is 6.92 Å². The van der Waals surface area contributed by atoms with E-state index in [9.17, 15) is 0 Å². The van der Waals surface area contributed by atoms with Crippen molar-refractivity contribution in [3.05, 3.63) is 30.3 Å². The number of hydrogen-bond donors (Lipinski definition) is 0. The molecule has 1 aromatic carbocycles. The van der Waals surface area contributed by atoms with Gasteiger partial charge in [-0.2, -0.15) is 0 Å². The van der Waals surface area contributed by atoms with Gasteiger partial charge < -0.3 is 13.6 Å². The van der Waals surface area contributed by atoms with Crippen LogP contribution in [-0.4, -0.2) is 29.6 Å². The number of benzene rings is 1. The molecular formula is C14H24O3Si. The molecule has 0 amide bonds. The Balaban J connectivity index is 2.37. The molecule has 0 spiro atoms. The smallest absolute Gasteiger partial charge is 0.382 e. The van der Waals surface area contributed by atoms with Crippen LogP contribution < -0.4 is 4.43 Å². The van der Waals surface area contributed by atoms with Gasteiger partial charge in [-0.15, -0.1) is 0 Å². The van der Waals surface area contributed by atoms with Crippen molar-refractivity contribution in [2.75, 3.05) is 20.3 Å². The quantitative estimate of drug-likeness (QED) is 0.482. The maximum absolute atomic E-state index is 5.97. The van der Waals surface area contributed by atoms with E-state index in [1.54, 1.807) is 7.11 Å². The van der Waals surface area contributed by atoms with Crippen molar-refractivity contribution in [2.45, 2.75) is 32.2 Å². The zero-order valence-electron chi connectivity index (χ0n) is 11.4. The molecule has 0 saturated carbocycles. The molecule has 0 aliphatic heterocycles. The van der Waals surface area contributed by atoms with Gasteiger partial charge in [0.25, 0.3) is 0 Å². The third-order valence-electron chi connectivity index (χ3n) is 2.65. The molecule has 0 bridgehead atoms.